The fourth-order valence-electron chi connectivity index (χ4n) is 2.98. The molecule has 3 rings (SSSR count). The van der Waals surface area contributed by atoms with E-state index in [2.05, 4.69) is 22.0 Å². The second-order valence-corrected chi connectivity index (χ2v) is 5.97. The molecule has 4 heteroatoms. The Morgan fingerprint density at radius 2 is 2.10 bits per heavy atom. The van der Waals surface area contributed by atoms with Gasteiger partial charge in [-0.05, 0) is 31.5 Å². The summed E-state index contributed by atoms with van der Waals surface area (Å²) >= 11 is 0. The minimum absolute atomic E-state index is 0.0851. The SMILES string of the molecule is CC(C)O[C@H]1CN(Cc2ccnc3ccccc23)C[C@@H]1O. The molecule has 1 aliphatic heterocycles. The summed E-state index contributed by atoms with van der Waals surface area (Å²) in [6, 6.07) is 10.2. The number of para-hydroxylation sites is 1. The molecule has 0 unspecified atom stereocenters. The molecule has 0 radical (unpaired) electrons. The van der Waals surface area contributed by atoms with E-state index in [1.54, 1.807) is 0 Å². The van der Waals surface area contributed by atoms with E-state index in [0.29, 0.717) is 6.54 Å². The number of ether oxygens (including phenoxy) is 1. The van der Waals surface area contributed by atoms with E-state index >= 15 is 0 Å². The molecular weight excluding hydrogens is 264 g/mol. The van der Waals surface area contributed by atoms with Gasteiger partial charge in [0, 0.05) is 31.2 Å². The Morgan fingerprint density at radius 1 is 1.29 bits per heavy atom. The van der Waals surface area contributed by atoms with Crippen LogP contribution in [0.2, 0.25) is 0 Å². The molecule has 1 aromatic heterocycles. The lowest BCUT2D eigenvalue weighted by molar-refractivity contribution is -0.0396. The Bertz CT molecular complexity index is 609. The summed E-state index contributed by atoms with van der Waals surface area (Å²) in [4.78, 5) is 6.64. The van der Waals surface area contributed by atoms with Gasteiger partial charge in [0.25, 0.3) is 0 Å². The average molecular weight is 286 g/mol. The Labute approximate surface area is 125 Å². The normalized spacial score (nSPS) is 23.2. The molecule has 1 N–H and O–H groups in total. The highest BCUT2D eigenvalue weighted by Crippen LogP contribution is 2.22. The van der Waals surface area contributed by atoms with E-state index in [-0.39, 0.29) is 12.2 Å². The maximum Gasteiger partial charge on any atom is 0.0976 e. The minimum atomic E-state index is -0.402. The predicted molar refractivity (Wildman–Crippen MR) is 83.0 cm³/mol. The number of aliphatic hydroxyl groups is 1. The molecule has 1 aromatic carbocycles. The van der Waals surface area contributed by atoms with Crippen LogP contribution in [-0.2, 0) is 11.3 Å². The van der Waals surface area contributed by atoms with Crippen molar-refractivity contribution in [2.75, 3.05) is 13.1 Å². The van der Waals surface area contributed by atoms with Gasteiger partial charge in [0.05, 0.1) is 23.8 Å². The van der Waals surface area contributed by atoms with Crippen molar-refractivity contribution in [2.45, 2.75) is 38.7 Å². The molecule has 2 atom stereocenters. The number of rotatable bonds is 4. The van der Waals surface area contributed by atoms with E-state index in [1.165, 1.54) is 10.9 Å². The lowest BCUT2D eigenvalue weighted by atomic mass is 10.1. The number of pyridine rings is 1. The van der Waals surface area contributed by atoms with Gasteiger partial charge in [-0.1, -0.05) is 18.2 Å². The van der Waals surface area contributed by atoms with Crippen LogP contribution in [-0.4, -0.2) is 46.4 Å². The molecule has 0 bridgehead atoms. The summed E-state index contributed by atoms with van der Waals surface area (Å²) in [5.41, 5.74) is 2.27. The number of hydrogen-bond acceptors (Lipinski definition) is 4. The molecule has 21 heavy (non-hydrogen) atoms. The van der Waals surface area contributed by atoms with Crippen LogP contribution in [0.15, 0.2) is 36.5 Å². The fourth-order valence-corrected chi connectivity index (χ4v) is 2.98. The molecule has 0 saturated carbocycles. The van der Waals surface area contributed by atoms with Gasteiger partial charge in [0.15, 0.2) is 0 Å². The monoisotopic (exact) mass is 286 g/mol. The standard InChI is InChI=1S/C17H22N2O2/c1-12(2)21-17-11-19(10-16(17)20)9-13-7-8-18-15-6-4-3-5-14(13)15/h3-8,12,16-17,20H,9-11H2,1-2H3/t16-,17-/m0/s1. The van der Waals surface area contributed by atoms with Gasteiger partial charge in [0.1, 0.15) is 0 Å². The Balaban J connectivity index is 1.75. The third-order valence-corrected chi connectivity index (χ3v) is 3.89. The molecule has 1 saturated heterocycles. The van der Waals surface area contributed by atoms with Crippen molar-refractivity contribution in [2.24, 2.45) is 0 Å². The first-order chi connectivity index (χ1) is 10.1. The van der Waals surface area contributed by atoms with Gasteiger partial charge in [-0.2, -0.15) is 0 Å². The highest BCUT2D eigenvalue weighted by molar-refractivity contribution is 5.81. The van der Waals surface area contributed by atoms with Gasteiger partial charge in [-0.25, -0.2) is 0 Å². The number of likely N-dealkylation sites (tertiary alicyclic amines) is 1. The second kappa shape index (κ2) is 6.10. The molecule has 1 aliphatic rings. The molecule has 2 heterocycles. The van der Waals surface area contributed by atoms with Crippen molar-refractivity contribution >= 4 is 10.9 Å². The fraction of sp³-hybridized carbons (Fsp3) is 0.471. The molecule has 0 amide bonds. The predicted octanol–water partition coefficient (Wildman–Crippen LogP) is 2.20. The van der Waals surface area contributed by atoms with Crippen LogP contribution < -0.4 is 0 Å². The first kappa shape index (κ1) is 14.4. The first-order valence-electron chi connectivity index (χ1n) is 7.52. The van der Waals surface area contributed by atoms with E-state index in [1.807, 2.05) is 38.2 Å². The van der Waals surface area contributed by atoms with Crippen molar-refractivity contribution in [3.63, 3.8) is 0 Å². The van der Waals surface area contributed by atoms with Crippen LogP contribution in [0.5, 0.6) is 0 Å². The van der Waals surface area contributed by atoms with Crippen LogP contribution in [0, 0.1) is 0 Å². The number of nitrogens with zero attached hydrogens (tertiary/aromatic N) is 2. The molecule has 1 fully saturated rings. The number of benzene rings is 1. The number of β-amino-alcohol motifs (C(OH)–C–C–N with tert-alkyl or cyclic N) is 1. The summed E-state index contributed by atoms with van der Waals surface area (Å²) in [6.07, 6.45) is 1.51. The number of aromatic nitrogens is 1. The Hall–Kier alpha value is -1.49. The minimum Gasteiger partial charge on any atom is -0.389 e. The van der Waals surface area contributed by atoms with E-state index in [9.17, 15) is 5.11 Å². The quantitative estimate of drug-likeness (QED) is 0.936. The van der Waals surface area contributed by atoms with Crippen LogP contribution in [0.25, 0.3) is 10.9 Å². The van der Waals surface area contributed by atoms with Crippen molar-refractivity contribution in [3.05, 3.63) is 42.1 Å². The molecule has 2 aromatic rings. The summed E-state index contributed by atoms with van der Waals surface area (Å²) < 4.78 is 5.77. The third-order valence-electron chi connectivity index (χ3n) is 3.89. The zero-order valence-corrected chi connectivity index (χ0v) is 12.6. The molecule has 4 nitrogen and oxygen atoms in total. The summed E-state index contributed by atoms with van der Waals surface area (Å²) in [5.74, 6) is 0. The van der Waals surface area contributed by atoms with Crippen molar-refractivity contribution in [1.82, 2.24) is 9.88 Å². The number of fused-ring (bicyclic) bond motifs is 1. The second-order valence-electron chi connectivity index (χ2n) is 5.97. The Morgan fingerprint density at radius 3 is 2.90 bits per heavy atom. The van der Waals surface area contributed by atoms with Gasteiger partial charge in [-0.15, -0.1) is 0 Å². The maximum absolute atomic E-state index is 10.1. The summed E-state index contributed by atoms with van der Waals surface area (Å²) in [5, 5.41) is 11.3. The van der Waals surface area contributed by atoms with Gasteiger partial charge in [-0.3, -0.25) is 9.88 Å². The van der Waals surface area contributed by atoms with E-state index in [0.717, 1.165) is 18.6 Å². The zero-order valence-electron chi connectivity index (χ0n) is 12.6. The molecule has 0 spiro atoms. The van der Waals surface area contributed by atoms with Gasteiger partial charge < -0.3 is 9.84 Å². The molecule has 112 valence electrons. The number of aliphatic hydroxyl groups excluding tert-OH is 1. The highest BCUT2D eigenvalue weighted by atomic mass is 16.5. The molecule has 0 aliphatic carbocycles. The first-order valence-corrected chi connectivity index (χ1v) is 7.52. The highest BCUT2D eigenvalue weighted by Gasteiger charge is 2.32. The lowest BCUT2D eigenvalue weighted by Gasteiger charge is -2.18. The molecular formula is C17H22N2O2. The smallest absolute Gasteiger partial charge is 0.0976 e. The van der Waals surface area contributed by atoms with Gasteiger partial charge in [0.2, 0.25) is 0 Å². The van der Waals surface area contributed by atoms with E-state index < -0.39 is 6.10 Å². The van der Waals surface area contributed by atoms with Crippen molar-refractivity contribution in [1.29, 1.82) is 0 Å². The largest absolute Gasteiger partial charge is 0.389 e. The van der Waals surface area contributed by atoms with Crippen LogP contribution in [0.1, 0.15) is 19.4 Å². The van der Waals surface area contributed by atoms with Crippen molar-refractivity contribution in [3.8, 4) is 0 Å². The number of hydrogen-bond donors (Lipinski definition) is 1. The van der Waals surface area contributed by atoms with Crippen LogP contribution in [0.3, 0.4) is 0 Å². The van der Waals surface area contributed by atoms with Crippen molar-refractivity contribution < 1.29 is 9.84 Å². The Kier molecular flexibility index (Phi) is 4.19. The average Bonchev–Trinajstić information content (AvgIpc) is 2.78. The topological polar surface area (TPSA) is 45.6 Å². The third kappa shape index (κ3) is 3.23. The van der Waals surface area contributed by atoms with Gasteiger partial charge >= 0.3 is 0 Å². The zero-order chi connectivity index (χ0) is 14.8. The van der Waals surface area contributed by atoms with Crippen LogP contribution >= 0.6 is 0 Å². The summed E-state index contributed by atoms with van der Waals surface area (Å²) in [7, 11) is 0. The van der Waals surface area contributed by atoms with Crippen LogP contribution in [0.4, 0.5) is 0 Å². The maximum atomic E-state index is 10.1. The summed E-state index contributed by atoms with van der Waals surface area (Å²) in [6.45, 7) is 6.26. The lowest BCUT2D eigenvalue weighted by Crippen LogP contribution is -2.29. The van der Waals surface area contributed by atoms with E-state index in [4.69, 9.17) is 4.74 Å².